The van der Waals surface area contributed by atoms with Crippen molar-refractivity contribution in [2.24, 2.45) is 23.7 Å². The molecular formula is C24H46O3Si. The van der Waals surface area contributed by atoms with E-state index in [1.165, 1.54) is 0 Å². The Balaban J connectivity index is 2.22. The van der Waals surface area contributed by atoms with E-state index in [1.807, 2.05) is 7.11 Å². The summed E-state index contributed by atoms with van der Waals surface area (Å²) in [6.07, 6.45) is 4.87. The van der Waals surface area contributed by atoms with Crippen LogP contribution < -0.4 is 0 Å². The van der Waals surface area contributed by atoms with Crippen LogP contribution in [0.15, 0.2) is 0 Å². The highest BCUT2D eigenvalue weighted by atomic mass is 28.4. The Hall–Kier alpha value is -0.193. The van der Waals surface area contributed by atoms with Crippen LogP contribution in [0.25, 0.3) is 0 Å². The van der Waals surface area contributed by atoms with Crippen molar-refractivity contribution < 1.29 is 14.0 Å². The van der Waals surface area contributed by atoms with Crippen LogP contribution in [-0.2, 0) is 14.0 Å². The second-order valence-corrected chi connectivity index (χ2v) is 16.2. The van der Waals surface area contributed by atoms with E-state index in [-0.39, 0.29) is 11.5 Å². The molecule has 0 N–H and O–H groups in total. The summed E-state index contributed by atoms with van der Waals surface area (Å²) in [5.41, 5.74) is 1.69. The molecule has 2 fully saturated rings. The molecule has 2 rings (SSSR count). The lowest BCUT2D eigenvalue weighted by atomic mass is 9.56. The Labute approximate surface area is 175 Å². The maximum absolute atomic E-state index is 12.8. The minimum Gasteiger partial charge on any atom is -0.416 e. The van der Waals surface area contributed by atoms with Crippen molar-refractivity contribution >= 4 is 14.1 Å². The topological polar surface area (TPSA) is 35.5 Å². The van der Waals surface area contributed by atoms with Crippen molar-refractivity contribution in [3.05, 3.63) is 0 Å². The van der Waals surface area contributed by atoms with Gasteiger partial charge in [0.2, 0.25) is 0 Å². The zero-order valence-corrected chi connectivity index (χ0v) is 21.0. The minimum atomic E-state index is -1.84. The van der Waals surface area contributed by atoms with Crippen LogP contribution in [0.5, 0.6) is 0 Å². The molecule has 164 valence electrons. The number of rotatable bonds is 8. The molecule has 2 unspecified atom stereocenters. The van der Waals surface area contributed by atoms with E-state index in [0.717, 1.165) is 32.3 Å². The van der Waals surface area contributed by atoms with Gasteiger partial charge in [-0.05, 0) is 60.6 Å². The van der Waals surface area contributed by atoms with Gasteiger partial charge in [0.05, 0.1) is 5.60 Å². The van der Waals surface area contributed by atoms with Crippen molar-refractivity contribution in [2.75, 3.05) is 13.7 Å². The van der Waals surface area contributed by atoms with Gasteiger partial charge in [0.1, 0.15) is 5.78 Å². The molecule has 0 aromatic heterocycles. The third-order valence-corrected chi connectivity index (χ3v) is 14.5. The lowest BCUT2D eigenvalue weighted by Gasteiger charge is -2.52. The highest BCUT2D eigenvalue weighted by Gasteiger charge is 2.53. The molecule has 0 saturated heterocycles. The highest BCUT2D eigenvalue weighted by molar-refractivity contribution is 6.77. The maximum atomic E-state index is 12.8. The first-order valence-corrected chi connectivity index (χ1v) is 13.9. The Morgan fingerprint density at radius 1 is 1.07 bits per heavy atom. The number of ether oxygens (including phenoxy) is 1. The normalized spacial score (nSPS) is 34.4. The summed E-state index contributed by atoms with van der Waals surface area (Å²) in [7, 11) is -0.00753. The van der Waals surface area contributed by atoms with Gasteiger partial charge in [-0.3, -0.25) is 4.79 Å². The predicted octanol–water partition coefficient (Wildman–Crippen LogP) is 6.62. The molecule has 0 aromatic carbocycles. The van der Waals surface area contributed by atoms with Gasteiger partial charge >= 0.3 is 0 Å². The van der Waals surface area contributed by atoms with Gasteiger partial charge in [0.25, 0.3) is 0 Å². The molecule has 5 atom stereocenters. The van der Waals surface area contributed by atoms with Crippen LogP contribution in [-0.4, -0.2) is 33.4 Å². The summed E-state index contributed by atoms with van der Waals surface area (Å²) >= 11 is 0. The fourth-order valence-corrected chi connectivity index (χ4v) is 12.4. The average Bonchev–Trinajstić information content (AvgIpc) is 2.63. The molecule has 3 nitrogen and oxygen atoms in total. The molecule has 0 bridgehead atoms. The zero-order chi connectivity index (χ0) is 21.3. The highest BCUT2D eigenvalue weighted by Crippen LogP contribution is 2.51. The molecule has 2 aliphatic carbocycles. The number of carbonyl (C=O) groups is 1. The quantitative estimate of drug-likeness (QED) is 0.422. The largest absolute Gasteiger partial charge is 0.416 e. The number of methoxy groups -OCH3 is 1. The van der Waals surface area contributed by atoms with E-state index in [1.54, 1.807) is 0 Å². The van der Waals surface area contributed by atoms with E-state index in [0.29, 0.717) is 46.6 Å². The number of Topliss-reactive ketones (excluding diaryl/α,β-unsaturated/α-hetero) is 1. The van der Waals surface area contributed by atoms with E-state index in [9.17, 15) is 4.79 Å². The summed E-state index contributed by atoms with van der Waals surface area (Å²) in [6.45, 7) is 19.5. The van der Waals surface area contributed by atoms with Gasteiger partial charge in [-0.2, -0.15) is 0 Å². The van der Waals surface area contributed by atoms with E-state index in [2.05, 4.69) is 55.4 Å². The molecule has 2 saturated carbocycles. The van der Waals surface area contributed by atoms with Crippen LogP contribution >= 0.6 is 0 Å². The van der Waals surface area contributed by atoms with E-state index in [4.69, 9.17) is 9.16 Å². The van der Waals surface area contributed by atoms with Gasteiger partial charge in [0.15, 0.2) is 8.32 Å². The summed E-state index contributed by atoms with van der Waals surface area (Å²) in [5, 5.41) is 0. The van der Waals surface area contributed by atoms with Crippen LogP contribution in [0, 0.1) is 23.7 Å². The molecule has 0 aliphatic heterocycles. The number of hydrogen-bond donors (Lipinski definition) is 0. The number of ketones is 1. The molecule has 0 spiro atoms. The molecular weight excluding hydrogens is 364 g/mol. The minimum absolute atomic E-state index is 0.159. The lowest BCUT2D eigenvalue weighted by molar-refractivity contribution is -0.157. The fraction of sp³-hybridized carbons (Fsp3) is 0.958. The average molecular weight is 411 g/mol. The first-order chi connectivity index (χ1) is 13.0. The van der Waals surface area contributed by atoms with Crippen molar-refractivity contribution in [1.29, 1.82) is 0 Å². The van der Waals surface area contributed by atoms with Crippen LogP contribution in [0.1, 0.15) is 87.5 Å². The molecule has 4 heteroatoms. The second-order valence-electron chi connectivity index (χ2n) is 10.7. The van der Waals surface area contributed by atoms with Gasteiger partial charge in [-0.1, -0.05) is 54.9 Å². The van der Waals surface area contributed by atoms with Crippen LogP contribution in [0.2, 0.25) is 16.6 Å². The third-order valence-electron chi connectivity index (χ3n) is 8.46. The Morgan fingerprint density at radius 3 is 2.11 bits per heavy atom. The maximum Gasteiger partial charge on any atom is 0.200 e. The zero-order valence-electron chi connectivity index (χ0n) is 20.0. The Kier molecular flexibility index (Phi) is 8.00. The van der Waals surface area contributed by atoms with Gasteiger partial charge < -0.3 is 9.16 Å². The van der Waals surface area contributed by atoms with Gasteiger partial charge in [-0.25, -0.2) is 0 Å². The second kappa shape index (κ2) is 9.30. The smallest absolute Gasteiger partial charge is 0.200 e. The number of fused-ring (bicyclic) bond motifs is 1. The summed E-state index contributed by atoms with van der Waals surface area (Å²) < 4.78 is 13.0. The molecule has 2 aliphatic rings. The van der Waals surface area contributed by atoms with Crippen molar-refractivity contribution in [3.8, 4) is 0 Å². The molecule has 0 radical (unpaired) electrons. The molecule has 0 amide bonds. The summed E-state index contributed by atoms with van der Waals surface area (Å²) in [6, 6.07) is 0. The Morgan fingerprint density at radius 2 is 1.64 bits per heavy atom. The third kappa shape index (κ3) is 4.30. The predicted molar refractivity (Wildman–Crippen MR) is 120 cm³/mol. The molecule has 0 heterocycles. The van der Waals surface area contributed by atoms with Crippen molar-refractivity contribution in [2.45, 2.75) is 110 Å². The van der Waals surface area contributed by atoms with Crippen molar-refractivity contribution in [1.82, 2.24) is 0 Å². The van der Waals surface area contributed by atoms with Crippen LogP contribution in [0.4, 0.5) is 0 Å². The Bertz CT molecular complexity index is 508. The van der Waals surface area contributed by atoms with E-state index < -0.39 is 8.32 Å². The molecule has 0 aromatic rings. The lowest BCUT2D eigenvalue weighted by Crippen LogP contribution is -2.54. The van der Waals surface area contributed by atoms with Crippen molar-refractivity contribution in [3.63, 3.8) is 0 Å². The standard InChI is InChI=1S/C24H46O3Si/c1-10-20-13-19(15-27-28(16(2)3,17(4)5)18(6)7)14-21-23(20)22(25)11-12-24(21,8)26-9/h16-21,23H,10-15H2,1-9H3/t19?,20-,21+,23-,24?/m0/s1. The summed E-state index contributed by atoms with van der Waals surface area (Å²) in [5.74, 6) is 2.07. The van der Waals surface area contributed by atoms with E-state index >= 15 is 0 Å². The first kappa shape index (κ1) is 24.1. The number of hydrogen-bond acceptors (Lipinski definition) is 3. The monoisotopic (exact) mass is 410 g/mol. The fourth-order valence-electron chi connectivity index (χ4n) is 6.92. The van der Waals surface area contributed by atoms with Gasteiger partial charge in [-0.15, -0.1) is 0 Å². The molecule has 28 heavy (non-hydrogen) atoms. The van der Waals surface area contributed by atoms with Gasteiger partial charge in [0, 0.05) is 26.1 Å². The number of carbonyl (C=O) groups excluding carboxylic acids is 1. The first-order valence-electron chi connectivity index (χ1n) is 11.7. The van der Waals surface area contributed by atoms with Crippen LogP contribution in [0.3, 0.4) is 0 Å². The SMILES string of the molecule is CC[C@H]1CC(CO[Si](C(C)C)(C(C)C)C(C)C)C[C@@H]2[C@H]1C(=O)CCC2(C)OC. The summed E-state index contributed by atoms with van der Waals surface area (Å²) in [4.78, 5) is 12.8.